The Hall–Kier alpha value is -2.25. The summed E-state index contributed by atoms with van der Waals surface area (Å²) in [5, 5.41) is 7.24. The van der Waals surface area contributed by atoms with Crippen LogP contribution in [0.25, 0.3) is 5.69 Å². The Bertz CT molecular complexity index is 756. The molecule has 0 saturated carbocycles. The number of carbonyl (C=O) groups excluding carboxylic acids is 1. The van der Waals surface area contributed by atoms with Crippen molar-refractivity contribution in [2.75, 3.05) is 26.2 Å². The number of amides is 1. The Morgan fingerprint density at radius 1 is 1.32 bits per heavy atom. The van der Waals surface area contributed by atoms with E-state index in [4.69, 9.17) is 4.74 Å². The molecular formula is C18H21FN4O2. The highest BCUT2D eigenvalue weighted by molar-refractivity contribution is 5.78. The van der Waals surface area contributed by atoms with Gasteiger partial charge in [-0.25, -0.2) is 9.07 Å². The molecule has 132 valence electrons. The fraction of sp³-hybridized carbons (Fsp3) is 0.444. The second kappa shape index (κ2) is 6.57. The lowest BCUT2D eigenvalue weighted by Crippen LogP contribution is -2.57. The number of morpholine rings is 1. The summed E-state index contributed by atoms with van der Waals surface area (Å²) in [4.78, 5) is 13.6. The van der Waals surface area contributed by atoms with E-state index in [1.54, 1.807) is 10.7 Å². The minimum atomic E-state index is -0.268. The summed E-state index contributed by atoms with van der Waals surface area (Å²) in [6.07, 6.45) is 5.58. The number of halogens is 1. The van der Waals surface area contributed by atoms with Crippen molar-refractivity contribution in [2.24, 2.45) is 0 Å². The second-order valence-electron chi connectivity index (χ2n) is 6.80. The SMILES string of the molecule is O=C1COC2(CCN(Cc3cnn(-c4cccc(F)c4)c3)CC2)CN1. The van der Waals surface area contributed by atoms with Crippen molar-refractivity contribution >= 4 is 5.91 Å². The zero-order valence-corrected chi connectivity index (χ0v) is 13.9. The summed E-state index contributed by atoms with van der Waals surface area (Å²) < 4.78 is 20.8. The fourth-order valence-corrected chi connectivity index (χ4v) is 3.48. The monoisotopic (exact) mass is 344 g/mol. The Morgan fingerprint density at radius 3 is 2.88 bits per heavy atom. The van der Waals surface area contributed by atoms with Crippen molar-refractivity contribution in [3.05, 3.63) is 48.0 Å². The molecule has 2 saturated heterocycles. The highest BCUT2D eigenvalue weighted by Crippen LogP contribution is 2.28. The van der Waals surface area contributed by atoms with Crippen LogP contribution in [0.2, 0.25) is 0 Å². The third kappa shape index (κ3) is 3.57. The predicted octanol–water partition coefficient (Wildman–Crippen LogP) is 1.49. The van der Waals surface area contributed by atoms with Crippen LogP contribution in [-0.4, -0.2) is 52.4 Å². The molecule has 0 atom stereocenters. The summed E-state index contributed by atoms with van der Waals surface area (Å²) in [6.45, 7) is 3.41. The van der Waals surface area contributed by atoms with Crippen LogP contribution in [0.5, 0.6) is 0 Å². The molecule has 0 aliphatic carbocycles. The number of aromatic nitrogens is 2. The van der Waals surface area contributed by atoms with Crippen LogP contribution in [0.15, 0.2) is 36.7 Å². The molecular weight excluding hydrogens is 323 g/mol. The number of piperidine rings is 1. The lowest BCUT2D eigenvalue weighted by Gasteiger charge is -2.43. The Morgan fingerprint density at radius 2 is 2.16 bits per heavy atom. The van der Waals surface area contributed by atoms with E-state index in [1.165, 1.54) is 12.1 Å². The summed E-state index contributed by atoms with van der Waals surface area (Å²) in [6, 6.07) is 6.40. The van der Waals surface area contributed by atoms with Crippen LogP contribution in [0, 0.1) is 5.82 Å². The summed E-state index contributed by atoms with van der Waals surface area (Å²) in [7, 11) is 0. The Labute approximate surface area is 145 Å². The van der Waals surface area contributed by atoms with Gasteiger partial charge in [0.1, 0.15) is 12.4 Å². The summed E-state index contributed by atoms with van der Waals surface area (Å²) in [5.74, 6) is -0.298. The molecule has 1 spiro atoms. The third-order valence-electron chi connectivity index (χ3n) is 5.00. The number of ether oxygens (including phenoxy) is 1. The predicted molar refractivity (Wildman–Crippen MR) is 89.7 cm³/mol. The molecule has 2 aromatic rings. The van der Waals surface area contributed by atoms with E-state index in [0.717, 1.165) is 43.7 Å². The first-order valence-corrected chi connectivity index (χ1v) is 8.54. The lowest BCUT2D eigenvalue weighted by molar-refractivity contribution is -0.150. The van der Waals surface area contributed by atoms with Gasteiger partial charge < -0.3 is 10.1 Å². The molecule has 25 heavy (non-hydrogen) atoms. The molecule has 1 N–H and O–H groups in total. The van der Waals surface area contributed by atoms with Crippen LogP contribution >= 0.6 is 0 Å². The van der Waals surface area contributed by atoms with Crippen molar-refractivity contribution in [1.82, 2.24) is 20.0 Å². The highest BCUT2D eigenvalue weighted by atomic mass is 19.1. The molecule has 1 aromatic heterocycles. The van der Waals surface area contributed by atoms with Gasteiger partial charge in [0.25, 0.3) is 0 Å². The molecule has 2 aliphatic rings. The van der Waals surface area contributed by atoms with E-state index in [2.05, 4.69) is 15.3 Å². The van der Waals surface area contributed by atoms with Gasteiger partial charge in [0.05, 0.1) is 17.5 Å². The fourth-order valence-electron chi connectivity index (χ4n) is 3.48. The first kappa shape index (κ1) is 16.2. The molecule has 3 heterocycles. The molecule has 1 amide bonds. The largest absolute Gasteiger partial charge is 0.363 e. The number of rotatable bonds is 3. The lowest BCUT2D eigenvalue weighted by atomic mass is 9.90. The maximum Gasteiger partial charge on any atom is 0.246 e. The van der Waals surface area contributed by atoms with Crippen molar-refractivity contribution < 1.29 is 13.9 Å². The number of benzene rings is 1. The van der Waals surface area contributed by atoms with E-state index in [1.807, 2.05) is 18.5 Å². The zero-order valence-electron chi connectivity index (χ0n) is 13.9. The maximum absolute atomic E-state index is 13.3. The minimum Gasteiger partial charge on any atom is -0.363 e. The molecule has 4 rings (SSSR count). The molecule has 7 heteroatoms. The van der Waals surface area contributed by atoms with E-state index < -0.39 is 0 Å². The van der Waals surface area contributed by atoms with Crippen molar-refractivity contribution in [1.29, 1.82) is 0 Å². The van der Waals surface area contributed by atoms with Gasteiger partial charge in [-0.05, 0) is 31.0 Å². The number of hydrogen-bond acceptors (Lipinski definition) is 4. The second-order valence-corrected chi connectivity index (χ2v) is 6.80. The van der Waals surface area contributed by atoms with E-state index >= 15 is 0 Å². The van der Waals surface area contributed by atoms with Crippen LogP contribution in [0.1, 0.15) is 18.4 Å². The number of nitrogens with one attached hydrogen (secondary N) is 1. The quantitative estimate of drug-likeness (QED) is 0.917. The van der Waals surface area contributed by atoms with E-state index in [0.29, 0.717) is 6.54 Å². The minimum absolute atomic E-state index is 0.0298. The number of nitrogens with zero attached hydrogens (tertiary/aromatic N) is 3. The number of hydrogen-bond donors (Lipinski definition) is 1. The Balaban J connectivity index is 1.35. The third-order valence-corrected chi connectivity index (χ3v) is 5.00. The molecule has 1 aromatic carbocycles. The average molecular weight is 344 g/mol. The van der Waals surface area contributed by atoms with Gasteiger partial charge in [-0.2, -0.15) is 5.10 Å². The van der Waals surface area contributed by atoms with Crippen molar-refractivity contribution in [2.45, 2.75) is 25.0 Å². The van der Waals surface area contributed by atoms with Crippen molar-refractivity contribution in [3.8, 4) is 5.69 Å². The highest BCUT2D eigenvalue weighted by Gasteiger charge is 2.38. The topological polar surface area (TPSA) is 59.4 Å². The summed E-state index contributed by atoms with van der Waals surface area (Å²) >= 11 is 0. The molecule has 0 radical (unpaired) electrons. The van der Waals surface area contributed by atoms with Gasteiger partial charge >= 0.3 is 0 Å². The van der Waals surface area contributed by atoms with Gasteiger partial charge in [-0.15, -0.1) is 0 Å². The average Bonchev–Trinajstić information content (AvgIpc) is 3.09. The van der Waals surface area contributed by atoms with Gasteiger partial charge in [0.15, 0.2) is 0 Å². The van der Waals surface area contributed by atoms with Gasteiger partial charge in [-0.1, -0.05) is 6.07 Å². The molecule has 2 aliphatic heterocycles. The standard InChI is InChI=1S/C18H21FN4O2/c19-15-2-1-3-16(8-15)23-11-14(9-21-23)10-22-6-4-18(5-7-22)13-20-17(24)12-25-18/h1-3,8-9,11H,4-7,10,12-13H2,(H,20,24). The molecule has 0 bridgehead atoms. The van der Waals surface area contributed by atoms with E-state index in [-0.39, 0.29) is 23.9 Å². The maximum atomic E-state index is 13.3. The van der Waals surface area contributed by atoms with Crippen LogP contribution in [-0.2, 0) is 16.1 Å². The first-order valence-electron chi connectivity index (χ1n) is 8.54. The summed E-state index contributed by atoms with van der Waals surface area (Å²) in [5.41, 5.74) is 1.61. The molecule has 2 fully saturated rings. The van der Waals surface area contributed by atoms with E-state index in [9.17, 15) is 9.18 Å². The van der Waals surface area contributed by atoms with Gasteiger partial charge in [0, 0.05) is 37.9 Å². The van der Waals surface area contributed by atoms with Crippen LogP contribution in [0.3, 0.4) is 0 Å². The molecule has 0 unspecified atom stereocenters. The zero-order chi connectivity index (χ0) is 17.3. The van der Waals surface area contributed by atoms with Gasteiger partial charge in [0.2, 0.25) is 5.91 Å². The normalized spacial score (nSPS) is 20.6. The van der Waals surface area contributed by atoms with Gasteiger partial charge in [-0.3, -0.25) is 9.69 Å². The molecule has 6 nitrogen and oxygen atoms in total. The Kier molecular flexibility index (Phi) is 4.27. The first-order chi connectivity index (χ1) is 12.1. The number of likely N-dealkylation sites (tertiary alicyclic amines) is 1. The van der Waals surface area contributed by atoms with Crippen LogP contribution in [0.4, 0.5) is 4.39 Å². The smallest absolute Gasteiger partial charge is 0.246 e. The van der Waals surface area contributed by atoms with Crippen LogP contribution < -0.4 is 5.32 Å². The number of carbonyl (C=O) groups is 1. The van der Waals surface area contributed by atoms with Crippen molar-refractivity contribution in [3.63, 3.8) is 0 Å².